The highest BCUT2D eigenvalue weighted by Gasteiger charge is 2.18. The summed E-state index contributed by atoms with van der Waals surface area (Å²) in [5, 5.41) is 0. The SMILES string of the molecule is Cc1cc(N)cnc1NS(=O)(=O)CCC(C)(C)C. The number of pyridine rings is 1. The molecule has 1 aromatic heterocycles. The maximum atomic E-state index is 11.9. The molecule has 0 saturated heterocycles. The number of sulfonamides is 1. The maximum Gasteiger partial charge on any atom is 0.233 e. The molecule has 0 amide bonds. The summed E-state index contributed by atoms with van der Waals surface area (Å²) >= 11 is 0. The van der Waals surface area contributed by atoms with Crippen LogP contribution in [-0.2, 0) is 10.0 Å². The zero-order valence-electron chi connectivity index (χ0n) is 11.3. The van der Waals surface area contributed by atoms with E-state index in [4.69, 9.17) is 5.73 Å². The van der Waals surface area contributed by atoms with Crippen LogP contribution in [0.4, 0.5) is 11.5 Å². The molecule has 0 bridgehead atoms. The number of hydrogen-bond acceptors (Lipinski definition) is 4. The van der Waals surface area contributed by atoms with Gasteiger partial charge in [0.1, 0.15) is 5.82 Å². The summed E-state index contributed by atoms with van der Waals surface area (Å²) in [6.45, 7) is 7.80. The van der Waals surface area contributed by atoms with E-state index in [-0.39, 0.29) is 11.2 Å². The summed E-state index contributed by atoms with van der Waals surface area (Å²) < 4.78 is 26.3. The van der Waals surface area contributed by atoms with E-state index < -0.39 is 10.0 Å². The summed E-state index contributed by atoms with van der Waals surface area (Å²) in [7, 11) is -3.36. The molecule has 0 aliphatic rings. The average Bonchev–Trinajstić information content (AvgIpc) is 2.19. The second-order valence-electron chi connectivity index (χ2n) is 5.67. The lowest BCUT2D eigenvalue weighted by molar-refractivity contribution is 0.397. The van der Waals surface area contributed by atoms with Gasteiger partial charge in [-0.05, 0) is 30.4 Å². The van der Waals surface area contributed by atoms with E-state index in [1.807, 2.05) is 20.8 Å². The normalized spacial score (nSPS) is 12.4. The predicted octanol–water partition coefficient (Wildman–Crippen LogP) is 2.15. The van der Waals surface area contributed by atoms with Crippen molar-refractivity contribution < 1.29 is 8.42 Å². The van der Waals surface area contributed by atoms with Gasteiger partial charge in [-0.1, -0.05) is 20.8 Å². The van der Waals surface area contributed by atoms with Gasteiger partial charge in [-0.15, -0.1) is 0 Å². The van der Waals surface area contributed by atoms with E-state index in [2.05, 4.69) is 9.71 Å². The summed E-state index contributed by atoms with van der Waals surface area (Å²) in [6.07, 6.45) is 2.03. The molecule has 0 atom stereocenters. The topological polar surface area (TPSA) is 85.1 Å². The molecular weight excluding hydrogens is 250 g/mol. The Morgan fingerprint density at radius 3 is 2.50 bits per heavy atom. The molecular formula is C12H21N3O2S. The fourth-order valence-electron chi connectivity index (χ4n) is 1.34. The first-order valence-corrected chi connectivity index (χ1v) is 7.47. The molecule has 0 unspecified atom stereocenters. The predicted molar refractivity (Wildman–Crippen MR) is 74.9 cm³/mol. The summed E-state index contributed by atoms with van der Waals surface area (Å²) in [5.74, 6) is 0.431. The van der Waals surface area contributed by atoms with Crippen molar-refractivity contribution in [3.05, 3.63) is 17.8 Å². The molecule has 0 saturated carbocycles. The Morgan fingerprint density at radius 1 is 1.39 bits per heavy atom. The van der Waals surface area contributed by atoms with Crippen LogP contribution < -0.4 is 10.5 Å². The molecule has 0 aliphatic heterocycles. The van der Waals surface area contributed by atoms with E-state index in [9.17, 15) is 8.42 Å². The molecule has 6 heteroatoms. The first kappa shape index (κ1) is 14.8. The molecule has 18 heavy (non-hydrogen) atoms. The van der Waals surface area contributed by atoms with E-state index in [1.54, 1.807) is 13.0 Å². The number of aryl methyl sites for hydroxylation is 1. The Kier molecular flexibility index (Phi) is 4.21. The van der Waals surface area contributed by atoms with Gasteiger partial charge in [0, 0.05) is 0 Å². The number of rotatable bonds is 4. The molecule has 0 aliphatic carbocycles. The molecule has 0 spiro atoms. The largest absolute Gasteiger partial charge is 0.397 e. The molecule has 3 N–H and O–H groups in total. The Morgan fingerprint density at radius 2 is 2.00 bits per heavy atom. The summed E-state index contributed by atoms with van der Waals surface area (Å²) in [4.78, 5) is 3.99. The van der Waals surface area contributed by atoms with Gasteiger partial charge in [0.25, 0.3) is 0 Å². The van der Waals surface area contributed by atoms with Crippen LogP contribution in [-0.4, -0.2) is 19.2 Å². The molecule has 1 heterocycles. The molecule has 0 fully saturated rings. The third-order valence-corrected chi connectivity index (χ3v) is 3.72. The van der Waals surface area contributed by atoms with E-state index >= 15 is 0 Å². The van der Waals surface area contributed by atoms with Crippen molar-refractivity contribution in [3.8, 4) is 0 Å². The fourth-order valence-corrected chi connectivity index (χ4v) is 2.83. The molecule has 0 radical (unpaired) electrons. The van der Waals surface area contributed by atoms with Crippen LogP contribution in [0.15, 0.2) is 12.3 Å². The number of nitrogen functional groups attached to an aromatic ring is 1. The first-order valence-electron chi connectivity index (χ1n) is 5.82. The Balaban J connectivity index is 2.77. The van der Waals surface area contributed by atoms with Gasteiger partial charge in [0.15, 0.2) is 0 Å². The number of nitrogens with two attached hydrogens (primary N) is 1. The van der Waals surface area contributed by atoms with Crippen LogP contribution in [0.2, 0.25) is 0 Å². The maximum absolute atomic E-state index is 11.9. The zero-order valence-corrected chi connectivity index (χ0v) is 12.1. The van der Waals surface area contributed by atoms with Gasteiger partial charge in [0.05, 0.1) is 17.6 Å². The van der Waals surface area contributed by atoms with E-state index in [1.165, 1.54) is 6.20 Å². The summed E-state index contributed by atoms with van der Waals surface area (Å²) in [6, 6.07) is 1.69. The second-order valence-corrected chi connectivity index (χ2v) is 7.51. The average molecular weight is 271 g/mol. The lowest BCUT2D eigenvalue weighted by Crippen LogP contribution is -2.21. The van der Waals surface area contributed by atoms with Crippen LogP contribution in [0.5, 0.6) is 0 Å². The first-order chi connectivity index (χ1) is 8.09. The van der Waals surface area contributed by atoms with Crippen molar-refractivity contribution in [3.63, 3.8) is 0 Å². The van der Waals surface area contributed by atoms with Crippen molar-refractivity contribution >= 4 is 21.5 Å². The van der Waals surface area contributed by atoms with E-state index in [0.717, 1.165) is 0 Å². The van der Waals surface area contributed by atoms with Crippen molar-refractivity contribution in [2.45, 2.75) is 34.1 Å². The van der Waals surface area contributed by atoms with Gasteiger partial charge in [0.2, 0.25) is 10.0 Å². The van der Waals surface area contributed by atoms with Gasteiger partial charge >= 0.3 is 0 Å². The van der Waals surface area contributed by atoms with Crippen LogP contribution in [0.25, 0.3) is 0 Å². The third kappa shape index (κ3) is 4.91. The lowest BCUT2D eigenvalue weighted by Gasteiger charge is -2.18. The van der Waals surface area contributed by atoms with Gasteiger partial charge in [-0.3, -0.25) is 4.72 Å². The molecule has 1 rings (SSSR count). The van der Waals surface area contributed by atoms with Crippen molar-refractivity contribution in [1.29, 1.82) is 0 Å². The smallest absolute Gasteiger partial charge is 0.233 e. The Bertz CT molecular complexity index is 519. The Labute approximate surface area is 109 Å². The highest BCUT2D eigenvalue weighted by atomic mass is 32.2. The zero-order chi connectivity index (χ0) is 14.0. The minimum Gasteiger partial charge on any atom is -0.397 e. The minimum atomic E-state index is -3.36. The minimum absolute atomic E-state index is 0.0155. The van der Waals surface area contributed by atoms with Crippen LogP contribution in [0.1, 0.15) is 32.8 Å². The van der Waals surface area contributed by atoms with E-state index in [0.29, 0.717) is 23.5 Å². The molecule has 5 nitrogen and oxygen atoms in total. The fraction of sp³-hybridized carbons (Fsp3) is 0.583. The quantitative estimate of drug-likeness (QED) is 0.878. The van der Waals surface area contributed by atoms with Crippen LogP contribution in [0.3, 0.4) is 0 Å². The van der Waals surface area contributed by atoms with Crippen LogP contribution >= 0.6 is 0 Å². The highest BCUT2D eigenvalue weighted by molar-refractivity contribution is 7.92. The monoisotopic (exact) mass is 271 g/mol. The summed E-state index contributed by atoms with van der Waals surface area (Å²) in [5.41, 5.74) is 6.79. The Hall–Kier alpha value is -1.30. The lowest BCUT2D eigenvalue weighted by atomic mass is 9.94. The second kappa shape index (κ2) is 5.14. The van der Waals surface area contributed by atoms with Gasteiger partial charge < -0.3 is 5.73 Å². The molecule has 0 aromatic carbocycles. The number of anilines is 2. The number of aromatic nitrogens is 1. The molecule has 1 aromatic rings. The number of nitrogens with zero attached hydrogens (tertiary/aromatic N) is 1. The standard InChI is InChI=1S/C12H21N3O2S/c1-9-7-10(13)8-14-11(9)15-18(16,17)6-5-12(2,3)4/h7-8H,5-6,13H2,1-4H3,(H,14,15). The highest BCUT2D eigenvalue weighted by Crippen LogP contribution is 2.21. The molecule has 102 valence electrons. The van der Waals surface area contributed by atoms with Crippen molar-refractivity contribution in [1.82, 2.24) is 4.98 Å². The van der Waals surface area contributed by atoms with Gasteiger partial charge in [-0.25, -0.2) is 13.4 Å². The third-order valence-electron chi connectivity index (χ3n) is 2.47. The number of hydrogen-bond donors (Lipinski definition) is 2. The van der Waals surface area contributed by atoms with Gasteiger partial charge in [-0.2, -0.15) is 0 Å². The van der Waals surface area contributed by atoms with Crippen molar-refractivity contribution in [2.24, 2.45) is 5.41 Å². The van der Waals surface area contributed by atoms with Crippen LogP contribution in [0, 0.1) is 12.3 Å². The van der Waals surface area contributed by atoms with Crippen molar-refractivity contribution in [2.75, 3.05) is 16.2 Å². The number of nitrogens with one attached hydrogen (secondary N) is 1.